The Morgan fingerprint density at radius 2 is 2.18 bits per heavy atom. The minimum atomic E-state index is 0.320. The van der Waals surface area contributed by atoms with Gasteiger partial charge < -0.3 is 0 Å². The molecule has 0 heterocycles. The van der Waals surface area contributed by atoms with E-state index in [0.29, 0.717) is 18.0 Å². The van der Waals surface area contributed by atoms with Gasteiger partial charge in [0.1, 0.15) is 5.78 Å². The van der Waals surface area contributed by atoms with Crippen LogP contribution in [-0.4, -0.2) is 23.6 Å². The molecule has 0 aliphatic heterocycles. The third-order valence-electron chi connectivity index (χ3n) is 1.29. The van der Waals surface area contributed by atoms with Crippen molar-refractivity contribution < 1.29 is 4.79 Å². The maximum atomic E-state index is 11.0. The number of nitrogens with zero attached hydrogens (tertiary/aromatic N) is 1. The quantitative estimate of drug-likeness (QED) is 0.481. The largest absolute Gasteiger partial charge is 0.299 e. The van der Waals surface area contributed by atoms with E-state index in [1.54, 1.807) is 7.05 Å². The van der Waals surface area contributed by atoms with Crippen molar-refractivity contribution in [2.75, 3.05) is 12.8 Å². The van der Waals surface area contributed by atoms with Crippen LogP contribution in [0.5, 0.6) is 0 Å². The van der Waals surface area contributed by atoms with Crippen LogP contribution in [0.3, 0.4) is 0 Å². The van der Waals surface area contributed by atoms with E-state index < -0.39 is 0 Å². The van der Waals surface area contributed by atoms with Gasteiger partial charge in [-0.05, 0) is 13.3 Å². The first-order valence-electron chi connectivity index (χ1n) is 3.78. The number of carbonyl (C=O) groups excluding carboxylic acids is 1. The summed E-state index contributed by atoms with van der Waals surface area (Å²) in [5.41, 5.74) is 0. The van der Waals surface area contributed by atoms with Crippen LogP contribution in [0.2, 0.25) is 0 Å². The molecule has 0 aromatic rings. The highest BCUT2D eigenvalue weighted by atomic mass is 32.2. The standard InChI is InChI=1S/C8H15NOS/c1-4-5-8(10)6-11-7(2)9-3/h4-6H2,1-3H3. The molecule has 0 N–H and O–H groups in total. The van der Waals surface area contributed by atoms with Crippen LogP contribution in [0.15, 0.2) is 4.99 Å². The first-order valence-corrected chi connectivity index (χ1v) is 4.77. The summed E-state index contributed by atoms with van der Waals surface area (Å²) < 4.78 is 0. The summed E-state index contributed by atoms with van der Waals surface area (Å²) in [6.07, 6.45) is 1.64. The van der Waals surface area contributed by atoms with Crippen LogP contribution in [0, 0.1) is 0 Å². The number of ketones is 1. The lowest BCUT2D eigenvalue weighted by Gasteiger charge is -1.97. The molecule has 0 fully saturated rings. The molecule has 0 bridgehead atoms. The lowest BCUT2D eigenvalue weighted by Crippen LogP contribution is -2.01. The zero-order chi connectivity index (χ0) is 8.69. The molecule has 0 saturated carbocycles. The van der Waals surface area contributed by atoms with E-state index in [9.17, 15) is 4.79 Å². The number of rotatable bonds is 4. The van der Waals surface area contributed by atoms with E-state index in [-0.39, 0.29) is 0 Å². The first-order chi connectivity index (χ1) is 5.20. The second-order valence-electron chi connectivity index (χ2n) is 2.32. The van der Waals surface area contributed by atoms with Crippen molar-refractivity contribution in [1.29, 1.82) is 0 Å². The molecular formula is C8H15NOS. The van der Waals surface area contributed by atoms with Crippen LogP contribution in [-0.2, 0) is 4.79 Å². The second kappa shape index (κ2) is 6.40. The summed E-state index contributed by atoms with van der Waals surface area (Å²) in [5, 5.41) is 0.981. The number of thioether (sulfide) groups is 1. The van der Waals surface area contributed by atoms with Crippen molar-refractivity contribution in [3.63, 3.8) is 0 Å². The van der Waals surface area contributed by atoms with Crippen molar-refractivity contribution in [2.24, 2.45) is 4.99 Å². The predicted molar refractivity (Wildman–Crippen MR) is 51.4 cm³/mol. The normalized spacial score (nSPS) is 11.7. The van der Waals surface area contributed by atoms with Gasteiger partial charge in [-0.3, -0.25) is 9.79 Å². The molecule has 0 amide bonds. The summed E-state index contributed by atoms with van der Waals surface area (Å²) in [6, 6.07) is 0. The molecular weight excluding hydrogens is 158 g/mol. The Hall–Kier alpha value is -0.310. The van der Waals surface area contributed by atoms with Gasteiger partial charge in [-0.1, -0.05) is 6.92 Å². The van der Waals surface area contributed by atoms with Crippen molar-refractivity contribution >= 4 is 22.6 Å². The lowest BCUT2D eigenvalue weighted by molar-refractivity contribution is -0.116. The number of Topliss-reactive ketones (excluding diaryl/α,β-unsaturated/α-hetero) is 1. The smallest absolute Gasteiger partial charge is 0.143 e. The Bertz CT molecular complexity index is 154. The van der Waals surface area contributed by atoms with E-state index in [2.05, 4.69) is 4.99 Å². The van der Waals surface area contributed by atoms with Gasteiger partial charge in [0.05, 0.1) is 10.8 Å². The number of hydrogen-bond donors (Lipinski definition) is 0. The third-order valence-corrected chi connectivity index (χ3v) is 2.35. The predicted octanol–water partition coefficient (Wildman–Crippen LogP) is 2.14. The Labute approximate surface area is 72.5 Å². The van der Waals surface area contributed by atoms with E-state index in [1.165, 1.54) is 11.8 Å². The maximum Gasteiger partial charge on any atom is 0.143 e. The first kappa shape index (κ1) is 10.7. The van der Waals surface area contributed by atoms with Crippen LogP contribution >= 0.6 is 11.8 Å². The minimum Gasteiger partial charge on any atom is -0.299 e. The Morgan fingerprint density at radius 3 is 2.64 bits per heavy atom. The molecule has 3 heteroatoms. The van der Waals surface area contributed by atoms with Gasteiger partial charge in [0.25, 0.3) is 0 Å². The molecule has 0 rings (SSSR count). The maximum absolute atomic E-state index is 11.0. The Kier molecular flexibility index (Phi) is 6.22. The highest BCUT2D eigenvalue weighted by Crippen LogP contribution is 2.05. The Morgan fingerprint density at radius 1 is 1.55 bits per heavy atom. The van der Waals surface area contributed by atoms with E-state index in [4.69, 9.17) is 0 Å². The van der Waals surface area contributed by atoms with Crippen LogP contribution in [0.1, 0.15) is 26.7 Å². The number of hydrogen-bond acceptors (Lipinski definition) is 3. The van der Waals surface area contributed by atoms with Gasteiger partial charge in [-0.2, -0.15) is 0 Å². The molecule has 64 valence electrons. The molecule has 0 atom stereocenters. The van der Waals surface area contributed by atoms with E-state index in [1.807, 2.05) is 13.8 Å². The zero-order valence-electron chi connectivity index (χ0n) is 7.39. The molecule has 0 radical (unpaired) electrons. The van der Waals surface area contributed by atoms with Gasteiger partial charge in [0, 0.05) is 13.5 Å². The van der Waals surface area contributed by atoms with Crippen molar-refractivity contribution in [3.05, 3.63) is 0 Å². The molecule has 0 aromatic heterocycles. The lowest BCUT2D eigenvalue weighted by atomic mass is 10.3. The summed E-state index contributed by atoms with van der Waals surface area (Å²) in [6.45, 7) is 3.94. The van der Waals surface area contributed by atoms with Crippen LogP contribution in [0.4, 0.5) is 0 Å². The fraction of sp³-hybridized carbons (Fsp3) is 0.750. The third kappa shape index (κ3) is 6.10. The fourth-order valence-electron chi connectivity index (χ4n) is 0.600. The van der Waals surface area contributed by atoms with E-state index >= 15 is 0 Å². The minimum absolute atomic E-state index is 0.320. The van der Waals surface area contributed by atoms with Gasteiger partial charge in [-0.25, -0.2) is 0 Å². The van der Waals surface area contributed by atoms with Crippen molar-refractivity contribution in [3.8, 4) is 0 Å². The van der Waals surface area contributed by atoms with Gasteiger partial charge in [-0.15, -0.1) is 11.8 Å². The van der Waals surface area contributed by atoms with E-state index in [0.717, 1.165) is 11.5 Å². The molecule has 0 spiro atoms. The van der Waals surface area contributed by atoms with Gasteiger partial charge in [0.15, 0.2) is 0 Å². The van der Waals surface area contributed by atoms with Crippen LogP contribution < -0.4 is 0 Å². The average molecular weight is 173 g/mol. The van der Waals surface area contributed by atoms with Crippen molar-refractivity contribution in [2.45, 2.75) is 26.7 Å². The molecule has 11 heavy (non-hydrogen) atoms. The highest BCUT2D eigenvalue weighted by molar-refractivity contribution is 8.14. The number of carbonyl (C=O) groups is 1. The van der Waals surface area contributed by atoms with Gasteiger partial charge >= 0.3 is 0 Å². The van der Waals surface area contributed by atoms with Crippen LogP contribution in [0.25, 0.3) is 0 Å². The average Bonchev–Trinajstić information content (AvgIpc) is 2.01. The topological polar surface area (TPSA) is 29.4 Å². The molecule has 0 aliphatic carbocycles. The summed E-state index contributed by atoms with van der Waals surface area (Å²) in [4.78, 5) is 14.9. The highest BCUT2D eigenvalue weighted by Gasteiger charge is 2.00. The molecule has 0 aliphatic rings. The molecule has 0 unspecified atom stereocenters. The zero-order valence-corrected chi connectivity index (χ0v) is 8.20. The molecule has 0 aromatic carbocycles. The summed E-state index contributed by atoms with van der Waals surface area (Å²) in [5.74, 6) is 0.900. The number of aliphatic imine (C=N–C) groups is 1. The van der Waals surface area contributed by atoms with Crippen molar-refractivity contribution in [1.82, 2.24) is 0 Å². The monoisotopic (exact) mass is 173 g/mol. The molecule has 2 nitrogen and oxygen atoms in total. The Balaban J connectivity index is 3.46. The van der Waals surface area contributed by atoms with Gasteiger partial charge in [0.2, 0.25) is 0 Å². The summed E-state index contributed by atoms with van der Waals surface area (Å²) >= 11 is 1.52. The fourth-order valence-corrected chi connectivity index (χ4v) is 1.24. The second-order valence-corrected chi connectivity index (χ2v) is 3.49. The molecule has 0 saturated heterocycles. The summed E-state index contributed by atoms with van der Waals surface area (Å²) in [7, 11) is 1.74. The SMILES string of the molecule is CCCC(=O)CSC(C)=NC.